The zero-order valence-electron chi connectivity index (χ0n) is 21.9. The molecule has 0 saturated carbocycles. The Morgan fingerprint density at radius 1 is 1.02 bits per heavy atom. The third-order valence-electron chi connectivity index (χ3n) is 6.74. The lowest BCUT2D eigenvalue weighted by Crippen LogP contribution is -2.50. The third kappa shape index (κ3) is 6.67. The molecule has 1 aromatic carbocycles. The van der Waals surface area contributed by atoms with Gasteiger partial charge in [-0.05, 0) is 35.9 Å². The molecule has 5 rings (SSSR count). The Morgan fingerprint density at radius 3 is 2.48 bits per heavy atom. The van der Waals surface area contributed by atoms with E-state index in [0.717, 1.165) is 18.0 Å². The van der Waals surface area contributed by atoms with Crippen molar-refractivity contribution >= 4 is 28.7 Å². The number of aromatic amines is 1. The van der Waals surface area contributed by atoms with E-state index < -0.39 is 30.4 Å². The van der Waals surface area contributed by atoms with Crippen LogP contribution in [0.2, 0.25) is 0 Å². The predicted octanol–water partition coefficient (Wildman–Crippen LogP) is 5.50. The van der Waals surface area contributed by atoms with Gasteiger partial charge >= 0.3 is 12.4 Å². The second-order valence-electron chi connectivity index (χ2n) is 9.59. The van der Waals surface area contributed by atoms with Gasteiger partial charge in [-0.3, -0.25) is 9.69 Å². The van der Waals surface area contributed by atoms with Crippen molar-refractivity contribution in [3.63, 3.8) is 0 Å². The minimum absolute atomic E-state index is 0.110. The molecular weight excluding hydrogens is 566 g/mol. The molecule has 4 heterocycles. The lowest BCUT2D eigenvalue weighted by Gasteiger charge is -2.38. The zero-order valence-corrected chi connectivity index (χ0v) is 21.9. The maximum Gasteiger partial charge on any atom is 0.433 e. The molecule has 1 aliphatic heterocycles. The predicted molar refractivity (Wildman–Crippen MR) is 141 cm³/mol. The fraction of sp³-hybridized carbons (Fsp3) is 0.296. The second kappa shape index (κ2) is 11.4. The first-order valence-electron chi connectivity index (χ1n) is 12.7. The topological polar surface area (TPSA) is 103 Å². The second-order valence-corrected chi connectivity index (χ2v) is 9.59. The lowest BCUT2D eigenvalue weighted by atomic mass is 10.1. The molecule has 0 aliphatic carbocycles. The molecule has 220 valence electrons. The van der Waals surface area contributed by atoms with Gasteiger partial charge in [0.25, 0.3) is 0 Å². The summed E-state index contributed by atoms with van der Waals surface area (Å²) in [4.78, 5) is 34.3. The van der Waals surface area contributed by atoms with Crippen LogP contribution in [-0.4, -0.2) is 73.0 Å². The highest BCUT2D eigenvalue weighted by Gasteiger charge is 2.35. The number of H-pyrrole nitrogens is 1. The first-order valence-corrected chi connectivity index (χ1v) is 12.7. The Balaban J connectivity index is 1.28. The van der Waals surface area contributed by atoms with E-state index in [1.54, 1.807) is 42.6 Å². The SMILES string of the molecule is C=CC(c1ccnc(Nc2nc3ccc(-c4cc(C(F)(F)F)ncn4)cc3[nH]2)c1)N1CCN(C(=O)CC(F)(F)F)CC1. The summed E-state index contributed by atoms with van der Waals surface area (Å²) in [5, 5.41) is 3.08. The number of anilines is 2. The van der Waals surface area contributed by atoms with Gasteiger partial charge in [-0.25, -0.2) is 19.9 Å². The minimum atomic E-state index is -4.59. The number of nitrogens with one attached hydrogen (secondary N) is 2. The molecule has 1 fully saturated rings. The quantitative estimate of drug-likeness (QED) is 0.217. The van der Waals surface area contributed by atoms with Gasteiger partial charge in [0.05, 0.1) is 22.8 Å². The van der Waals surface area contributed by atoms with Gasteiger partial charge in [0, 0.05) is 37.9 Å². The lowest BCUT2D eigenvalue weighted by molar-refractivity contribution is -0.162. The summed E-state index contributed by atoms with van der Waals surface area (Å²) in [6.07, 6.45) is -6.44. The van der Waals surface area contributed by atoms with Crippen molar-refractivity contribution in [1.29, 1.82) is 0 Å². The van der Waals surface area contributed by atoms with Crippen LogP contribution in [0.1, 0.15) is 23.7 Å². The highest BCUT2D eigenvalue weighted by Crippen LogP contribution is 2.31. The normalized spacial score (nSPS) is 15.5. The number of nitrogens with zero attached hydrogens (tertiary/aromatic N) is 6. The molecule has 1 saturated heterocycles. The highest BCUT2D eigenvalue weighted by atomic mass is 19.4. The van der Waals surface area contributed by atoms with Crippen LogP contribution in [-0.2, 0) is 11.0 Å². The Labute approximate surface area is 235 Å². The number of alkyl halides is 6. The van der Waals surface area contributed by atoms with E-state index in [1.807, 2.05) is 4.90 Å². The van der Waals surface area contributed by atoms with Crippen molar-refractivity contribution in [2.24, 2.45) is 0 Å². The molecule has 1 amide bonds. The van der Waals surface area contributed by atoms with E-state index in [1.165, 1.54) is 4.90 Å². The van der Waals surface area contributed by atoms with Crippen LogP contribution in [0, 0.1) is 0 Å². The molecule has 2 N–H and O–H groups in total. The summed E-state index contributed by atoms with van der Waals surface area (Å²) in [6, 6.07) is 9.07. The number of hydrogen-bond acceptors (Lipinski definition) is 7. The van der Waals surface area contributed by atoms with Crippen molar-refractivity contribution in [1.82, 2.24) is 34.7 Å². The van der Waals surface area contributed by atoms with Crippen LogP contribution in [0.3, 0.4) is 0 Å². The van der Waals surface area contributed by atoms with Gasteiger partial charge in [-0.1, -0.05) is 12.1 Å². The van der Waals surface area contributed by atoms with Crippen molar-refractivity contribution in [3.05, 3.63) is 72.8 Å². The number of piperazine rings is 1. The number of carbonyl (C=O) groups excluding carboxylic acids is 1. The Hall–Kier alpha value is -4.53. The van der Waals surface area contributed by atoms with Crippen LogP contribution < -0.4 is 5.32 Å². The number of amides is 1. The highest BCUT2D eigenvalue weighted by molar-refractivity contribution is 5.83. The molecule has 0 bridgehead atoms. The van der Waals surface area contributed by atoms with Crippen LogP contribution in [0.25, 0.3) is 22.3 Å². The van der Waals surface area contributed by atoms with Gasteiger partial charge in [-0.15, -0.1) is 6.58 Å². The van der Waals surface area contributed by atoms with Gasteiger partial charge in [0.15, 0.2) is 0 Å². The number of imidazole rings is 1. The van der Waals surface area contributed by atoms with E-state index in [2.05, 4.69) is 36.8 Å². The Morgan fingerprint density at radius 2 is 1.79 bits per heavy atom. The summed E-state index contributed by atoms with van der Waals surface area (Å²) in [5.74, 6) is -0.144. The molecule has 9 nitrogen and oxygen atoms in total. The summed E-state index contributed by atoms with van der Waals surface area (Å²) in [5.41, 5.74) is 1.45. The molecule has 3 aromatic heterocycles. The van der Waals surface area contributed by atoms with Crippen LogP contribution in [0.15, 0.2) is 61.6 Å². The first kappa shape index (κ1) is 29.0. The molecule has 4 aromatic rings. The minimum Gasteiger partial charge on any atom is -0.340 e. The molecule has 1 unspecified atom stereocenters. The average molecular weight is 591 g/mol. The first-order chi connectivity index (χ1) is 19.9. The number of rotatable bonds is 7. The Kier molecular flexibility index (Phi) is 7.86. The number of pyridine rings is 1. The van der Waals surface area contributed by atoms with E-state index >= 15 is 0 Å². The number of hydrogen-bond donors (Lipinski definition) is 2. The summed E-state index contributed by atoms with van der Waals surface area (Å²) in [7, 11) is 0. The number of aromatic nitrogens is 5. The largest absolute Gasteiger partial charge is 0.433 e. The molecular formula is C27H24F6N8O. The van der Waals surface area contributed by atoms with E-state index in [0.29, 0.717) is 41.5 Å². The van der Waals surface area contributed by atoms with Gasteiger partial charge in [0.1, 0.15) is 24.3 Å². The fourth-order valence-electron chi connectivity index (χ4n) is 4.75. The van der Waals surface area contributed by atoms with Crippen molar-refractivity contribution in [2.75, 3.05) is 31.5 Å². The van der Waals surface area contributed by atoms with Crippen LogP contribution in [0.4, 0.5) is 38.1 Å². The van der Waals surface area contributed by atoms with Gasteiger partial charge in [0.2, 0.25) is 11.9 Å². The maximum atomic E-state index is 13.1. The molecule has 15 heteroatoms. The summed E-state index contributed by atoms with van der Waals surface area (Å²) in [6.45, 7) is 4.99. The molecule has 0 spiro atoms. The van der Waals surface area contributed by atoms with E-state index in [-0.39, 0.29) is 24.8 Å². The zero-order chi connectivity index (χ0) is 30.1. The van der Waals surface area contributed by atoms with Crippen molar-refractivity contribution in [2.45, 2.75) is 24.8 Å². The van der Waals surface area contributed by atoms with Crippen molar-refractivity contribution in [3.8, 4) is 11.3 Å². The number of carbonyl (C=O) groups is 1. The number of benzene rings is 1. The van der Waals surface area contributed by atoms with E-state index in [4.69, 9.17) is 0 Å². The summed E-state index contributed by atoms with van der Waals surface area (Å²) < 4.78 is 77.0. The van der Waals surface area contributed by atoms with Gasteiger partial charge in [-0.2, -0.15) is 26.3 Å². The van der Waals surface area contributed by atoms with E-state index in [9.17, 15) is 31.1 Å². The molecule has 1 atom stereocenters. The fourth-order valence-corrected chi connectivity index (χ4v) is 4.75. The number of halogens is 6. The number of fused-ring (bicyclic) bond motifs is 1. The Bertz CT molecular complexity index is 1590. The summed E-state index contributed by atoms with van der Waals surface area (Å²) >= 11 is 0. The van der Waals surface area contributed by atoms with Crippen LogP contribution in [0.5, 0.6) is 0 Å². The monoisotopic (exact) mass is 590 g/mol. The molecule has 42 heavy (non-hydrogen) atoms. The third-order valence-corrected chi connectivity index (χ3v) is 6.74. The molecule has 1 aliphatic rings. The van der Waals surface area contributed by atoms with Gasteiger partial charge < -0.3 is 15.2 Å². The average Bonchev–Trinajstić information content (AvgIpc) is 3.34. The van der Waals surface area contributed by atoms with Crippen LogP contribution >= 0.6 is 0 Å². The molecule has 0 radical (unpaired) electrons. The standard InChI is InChI=1S/C27H24F6N8O/c1-2-21(40-7-9-41(10-8-40)24(42)14-26(28,29)30)17-5-6-34-23(12-17)39-25-37-18-4-3-16(11-20(18)38-25)19-13-22(27(31,32)33)36-15-35-19/h2-6,11-13,15,21H,1,7-10,14H2,(H2,34,37,38,39). The maximum absolute atomic E-state index is 13.1. The van der Waals surface area contributed by atoms with Crippen molar-refractivity contribution < 1.29 is 31.1 Å². The smallest absolute Gasteiger partial charge is 0.340 e.